The van der Waals surface area contributed by atoms with Gasteiger partial charge < -0.3 is 10.5 Å². The number of rotatable bonds is 3. The molecule has 1 aromatic heterocycles. The number of benzene rings is 1. The van der Waals surface area contributed by atoms with Gasteiger partial charge in [-0.1, -0.05) is 6.07 Å². The lowest BCUT2D eigenvalue weighted by Gasteiger charge is -2.16. The smallest absolute Gasteiger partial charge is 0.141 e. The fraction of sp³-hybridized carbons (Fsp3) is 0.250. The zero-order chi connectivity index (χ0) is 13.9. The Balaban J connectivity index is 1.84. The number of nitrogens with one attached hydrogen (secondary N) is 1. The number of nitrogens with two attached hydrogens (primary N) is 1. The van der Waals surface area contributed by atoms with Crippen LogP contribution in [-0.4, -0.2) is 10.8 Å². The summed E-state index contributed by atoms with van der Waals surface area (Å²) in [6.45, 7) is 0. The van der Waals surface area contributed by atoms with Crippen molar-refractivity contribution in [3.05, 3.63) is 53.3 Å². The average molecular weight is 267 g/mol. The Morgan fingerprint density at radius 3 is 2.60 bits per heavy atom. The maximum atomic E-state index is 7.40. The number of aryl methyl sites for hydroxylation is 2. The first-order valence-electron chi connectivity index (χ1n) is 6.82. The van der Waals surface area contributed by atoms with Crippen LogP contribution in [-0.2, 0) is 12.8 Å². The molecule has 0 radical (unpaired) electrons. The van der Waals surface area contributed by atoms with E-state index in [2.05, 4.69) is 17.1 Å². The Morgan fingerprint density at radius 1 is 1.05 bits per heavy atom. The van der Waals surface area contributed by atoms with Gasteiger partial charge in [0.1, 0.15) is 23.0 Å². The lowest BCUT2D eigenvalue weighted by molar-refractivity contribution is 0.480. The lowest BCUT2D eigenvalue weighted by Crippen LogP contribution is -2.12. The van der Waals surface area contributed by atoms with Crippen LogP contribution >= 0.6 is 0 Å². The summed E-state index contributed by atoms with van der Waals surface area (Å²) in [6.07, 6.45) is 6.42. The normalized spacial score (nSPS) is 13.6. The molecular formula is C16H17N3O. The summed E-state index contributed by atoms with van der Waals surface area (Å²) in [6, 6.07) is 9.71. The molecule has 2 aromatic rings. The zero-order valence-corrected chi connectivity index (χ0v) is 11.2. The molecule has 0 amide bonds. The minimum atomic E-state index is -0.0547. The van der Waals surface area contributed by atoms with Crippen LogP contribution in [0.15, 0.2) is 36.5 Å². The minimum Gasteiger partial charge on any atom is -0.457 e. The molecule has 1 aliphatic rings. The van der Waals surface area contributed by atoms with Crippen LogP contribution in [0.1, 0.15) is 29.7 Å². The van der Waals surface area contributed by atoms with Crippen LogP contribution in [0.5, 0.6) is 11.5 Å². The van der Waals surface area contributed by atoms with Crippen molar-refractivity contribution in [1.82, 2.24) is 4.98 Å². The van der Waals surface area contributed by atoms with Crippen molar-refractivity contribution in [3.8, 4) is 11.5 Å². The molecule has 4 nitrogen and oxygen atoms in total. The van der Waals surface area contributed by atoms with Crippen molar-refractivity contribution in [1.29, 1.82) is 5.41 Å². The molecule has 0 saturated carbocycles. The van der Waals surface area contributed by atoms with Crippen molar-refractivity contribution in [2.45, 2.75) is 25.7 Å². The molecule has 0 fully saturated rings. The largest absolute Gasteiger partial charge is 0.457 e. The zero-order valence-electron chi connectivity index (χ0n) is 11.2. The molecule has 0 bridgehead atoms. The number of aromatic nitrogens is 1. The van der Waals surface area contributed by atoms with Crippen LogP contribution in [0.3, 0.4) is 0 Å². The maximum Gasteiger partial charge on any atom is 0.141 e. The minimum absolute atomic E-state index is 0.0547. The number of amidine groups is 1. The van der Waals surface area contributed by atoms with Gasteiger partial charge in [-0.2, -0.15) is 0 Å². The molecule has 4 heteroatoms. The van der Waals surface area contributed by atoms with E-state index >= 15 is 0 Å². The average Bonchev–Trinajstić information content (AvgIpc) is 2.47. The molecule has 3 rings (SSSR count). The summed E-state index contributed by atoms with van der Waals surface area (Å²) in [7, 11) is 0. The highest BCUT2D eigenvalue weighted by atomic mass is 16.5. The van der Waals surface area contributed by atoms with E-state index in [4.69, 9.17) is 15.9 Å². The number of nitrogen functional groups attached to an aromatic ring is 1. The summed E-state index contributed by atoms with van der Waals surface area (Å²) < 4.78 is 5.84. The van der Waals surface area contributed by atoms with Gasteiger partial charge in [0.15, 0.2) is 0 Å². The maximum absolute atomic E-state index is 7.40. The molecule has 1 aliphatic carbocycles. The van der Waals surface area contributed by atoms with Gasteiger partial charge in [-0.15, -0.1) is 0 Å². The van der Waals surface area contributed by atoms with E-state index in [-0.39, 0.29) is 5.84 Å². The third-order valence-electron chi connectivity index (χ3n) is 3.56. The fourth-order valence-corrected chi connectivity index (χ4v) is 2.53. The molecule has 0 atom stereocenters. The standard InChI is InChI=1S/C16H17N3O/c17-16(18)15-10-14(7-8-19-15)20-13-6-5-11-3-1-2-4-12(11)9-13/h5-10H,1-4H2,(H3,17,18). The number of fused-ring (bicyclic) bond motifs is 1. The van der Waals surface area contributed by atoms with Crippen molar-refractivity contribution < 1.29 is 4.74 Å². The number of ether oxygens (including phenoxy) is 1. The number of hydrogen-bond acceptors (Lipinski definition) is 3. The SMILES string of the molecule is N=C(N)c1cc(Oc2ccc3c(c2)CCCC3)ccn1. The van der Waals surface area contributed by atoms with Crippen molar-refractivity contribution in [3.63, 3.8) is 0 Å². The van der Waals surface area contributed by atoms with Gasteiger partial charge >= 0.3 is 0 Å². The fourth-order valence-electron chi connectivity index (χ4n) is 2.53. The second-order valence-electron chi connectivity index (χ2n) is 5.03. The third kappa shape index (κ3) is 2.64. The van der Waals surface area contributed by atoms with E-state index in [1.807, 2.05) is 6.07 Å². The quantitative estimate of drug-likeness (QED) is 0.663. The molecule has 1 aromatic carbocycles. The van der Waals surface area contributed by atoms with Crippen LogP contribution in [0, 0.1) is 5.41 Å². The number of hydrogen-bond donors (Lipinski definition) is 2. The Morgan fingerprint density at radius 2 is 1.80 bits per heavy atom. The van der Waals surface area contributed by atoms with Crippen molar-refractivity contribution in [2.75, 3.05) is 0 Å². The summed E-state index contributed by atoms with van der Waals surface area (Å²) in [5, 5.41) is 7.40. The number of nitrogens with zero attached hydrogens (tertiary/aromatic N) is 1. The van der Waals surface area contributed by atoms with E-state index in [0.29, 0.717) is 11.4 Å². The van der Waals surface area contributed by atoms with Crippen LogP contribution < -0.4 is 10.5 Å². The van der Waals surface area contributed by atoms with E-state index in [0.717, 1.165) is 12.2 Å². The Hall–Kier alpha value is -2.36. The first-order valence-corrected chi connectivity index (χ1v) is 6.82. The molecule has 102 valence electrons. The van der Waals surface area contributed by atoms with Crippen LogP contribution in [0.2, 0.25) is 0 Å². The molecular weight excluding hydrogens is 250 g/mol. The molecule has 0 spiro atoms. The number of pyridine rings is 1. The Labute approximate surface area is 118 Å². The molecule has 0 aliphatic heterocycles. The van der Waals surface area contributed by atoms with E-state index in [1.165, 1.54) is 30.4 Å². The van der Waals surface area contributed by atoms with Crippen molar-refractivity contribution >= 4 is 5.84 Å². The first-order chi connectivity index (χ1) is 9.72. The van der Waals surface area contributed by atoms with Crippen LogP contribution in [0.25, 0.3) is 0 Å². The predicted molar refractivity (Wildman–Crippen MR) is 78.4 cm³/mol. The van der Waals surface area contributed by atoms with Crippen molar-refractivity contribution in [2.24, 2.45) is 5.73 Å². The van der Waals surface area contributed by atoms with Crippen LogP contribution in [0.4, 0.5) is 0 Å². The van der Waals surface area contributed by atoms with Gasteiger partial charge in [-0.05, 0) is 55.0 Å². The second-order valence-corrected chi connectivity index (χ2v) is 5.03. The van der Waals surface area contributed by atoms with E-state index in [1.54, 1.807) is 18.3 Å². The molecule has 0 saturated heterocycles. The van der Waals surface area contributed by atoms with E-state index in [9.17, 15) is 0 Å². The van der Waals surface area contributed by atoms with Gasteiger partial charge in [0, 0.05) is 12.3 Å². The topological polar surface area (TPSA) is 72.0 Å². The van der Waals surface area contributed by atoms with Gasteiger partial charge in [0.25, 0.3) is 0 Å². The first kappa shape index (κ1) is 12.7. The molecule has 1 heterocycles. The molecule has 3 N–H and O–H groups in total. The third-order valence-corrected chi connectivity index (χ3v) is 3.56. The molecule has 20 heavy (non-hydrogen) atoms. The summed E-state index contributed by atoms with van der Waals surface area (Å²) >= 11 is 0. The lowest BCUT2D eigenvalue weighted by atomic mass is 9.92. The highest BCUT2D eigenvalue weighted by molar-refractivity contribution is 5.93. The second kappa shape index (κ2) is 5.33. The summed E-state index contributed by atoms with van der Waals surface area (Å²) in [5.74, 6) is 1.42. The van der Waals surface area contributed by atoms with E-state index < -0.39 is 0 Å². The monoisotopic (exact) mass is 267 g/mol. The van der Waals surface area contributed by atoms with Gasteiger partial charge in [-0.25, -0.2) is 0 Å². The van der Waals surface area contributed by atoms with Gasteiger partial charge in [0.05, 0.1) is 0 Å². The van der Waals surface area contributed by atoms with Gasteiger partial charge in [0.2, 0.25) is 0 Å². The summed E-state index contributed by atoms with van der Waals surface area (Å²) in [5.41, 5.74) is 8.68. The highest BCUT2D eigenvalue weighted by Gasteiger charge is 2.10. The Kier molecular flexibility index (Phi) is 3.37. The predicted octanol–water partition coefficient (Wildman–Crippen LogP) is 3.04. The Bertz CT molecular complexity index is 652. The van der Waals surface area contributed by atoms with Gasteiger partial charge in [-0.3, -0.25) is 10.4 Å². The highest BCUT2D eigenvalue weighted by Crippen LogP contribution is 2.28. The summed E-state index contributed by atoms with van der Waals surface area (Å²) in [4.78, 5) is 4.02. The molecule has 0 unspecified atom stereocenters.